The molecule has 3 nitrogen and oxygen atoms in total. The third-order valence-electron chi connectivity index (χ3n) is 2.64. The molecule has 2 N–H and O–H groups in total. The van der Waals surface area contributed by atoms with Gasteiger partial charge in [-0.1, -0.05) is 23.7 Å². The van der Waals surface area contributed by atoms with E-state index in [0.717, 1.165) is 6.07 Å². The van der Waals surface area contributed by atoms with E-state index in [1.807, 2.05) is 0 Å². The lowest BCUT2D eigenvalue weighted by Crippen LogP contribution is -2.32. The molecule has 7 heteroatoms. The summed E-state index contributed by atoms with van der Waals surface area (Å²) in [6, 6.07) is 7.80. The van der Waals surface area contributed by atoms with E-state index in [1.165, 1.54) is 30.3 Å². The van der Waals surface area contributed by atoms with Crippen LogP contribution in [0.5, 0.6) is 5.75 Å². The molecule has 2 rings (SSSR count). The molecule has 0 bridgehead atoms. The van der Waals surface area contributed by atoms with E-state index in [0.29, 0.717) is 5.56 Å². The molecule has 0 atom stereocenters. The van der Waals surface area contributed by atoms with E-state index in [4.69, 9.17) is 26.4 Å². The van der Waals surface area contributed by atoms with Crippen molar-refractivity contribution in [3.63, 3.8) is 0 Å². The molecule has 0 spiro atoms. The van der Waals surface area contributed by atoms with E-state index in [9.17, 15) is 8.78 Å². The normalized spacial score (nSPS) is 10.4. The molecule has 104 valence electrons. The van der Waals surface area contributed by atoms with E-state index in [1.54, 1.807) is 0 Å². The fraction of sp³-hybridized carbons (Fsp3) is 0.0769. The molecule has 2 aromatic carbocycles. The van der Waals surface area contributed by atoms with Crippen LogP contribution in [-0.2, 0) is 6.61 Å². The Kier molecular flexibility index (Phi) is 4.59. The fourth-order valence-electron chi connectivity index (χ4n) is 1.60. The molecular formula is C13H10BClF2O3. The largest absolute Gasteiger partial charge is 0.491 e. The monoisotopic (exact) mass is 298 g/mol. The van der Waals surface area contributed by atoms with Crippen molar-refractivity contribution in [2.45, 2.75) is 6.61 Å². The zero-order chi connectivity index (χ0) is 14.7. The lowest BCUT2D eigenvalue weighted by atomic mass is 9.80. The van der Waals surface area contributed by atoms with Crippen LogP contribution in [0.25, 0.3) is 0 Å². The molecule has 0 radical (unpaired) electrons. The van der Waals surface area contributed by atoms with E-state index in [2.05, 4.69) is 0 Å². The first-order chi connectivity index (χ1) is 9.47. The zero-order valence-corrected chi connectivity index (χ0v) is 10.9. The van der Waals surface area contributed by atoms with Crippen LogP contribution in [0.1, 0.15) is 5.56 Å². The summed E-state index contributed by atoms with van der Waals surface area (Å²) in [5, 5.41) is 17.8. The highest BCUT2D eigenvalue weighted by Crippen LogP contribution is 2.18. The van der Waals surface area contributed by atoms with Gasteiger partial charge in [-0.15, -0.1) is 0 Å². The van der Waals surface area contributed by atoms with Crippen LogP contribution in [-0.4, -0.2) is 17.2 Å². The zero-order valence-electron chi connectivity index (χ0n) is 10.2. The molecule has 0 aromatic heterocycles. The molecule has 0 aliphatic rings. The van der Waals surface area contributed by atoms with Crippen LogP contribution in [0.2, 0.25) is 5.02 Å². The van der Waals surface area contributed by atoms with Gasteiger partial charge in [-0.3, -0.25) is 0 Å². The smallest absolute Gasteiger partial charge is 0.489 e. The van der Waals surface area contributed by atoms with Crippen molar-refractivity contribution >= 4 is 24.2 Å². The first kappa shape index (κ1) is 14.8. The summed E-state index contributed by atoms with van der Waals surface area (Å²) < 4.78 is 31.8. The molecule has 2 aromatic rings. The highest BCUT2D eigenvalue weighted by molar-refractivity contribution is 6.58. The summed E-state index contributed by atoms with van der Waals surface area (Å²) in [6.45, 7) is 0.0838. The Morgan fingerprint density at radius 2 is 1.80 bits per heavy atom. The summed E-state index contributed by atoms with van der Waals surface area (Å²) in [7, 11) is -1.88. The summed E-state index contributed by atoms with van der Waals surface area (Å²) in [6.07, 6.45) is 0. The van der Waals surface area contributed by atoms with Crippen molar-refractivity contribution in [1.82, 2.24) is 0 Å². The van der Waals surface area contributed by atoms with Gasteiger partial charge in [0.25, 0.3) is 0 Å². The highest BCUT2D eigenvalue weighted by Gasteiger charge is 2.16. The summed E-state index contributed by atoms with van der Waals surface area (Å²) in [4.78, 5) is 0. The Labute approximate surface area is 119 Å². The third kappa shape index (κ3) is 3.48. The van der Waals surface area contributed by atoms with Crippen LogP contribution >= 0.6 is 11.6 Å². The molecule has 0 aliphatic heterocycles. The van der Waals surface area contributed by atoms with Gasteiger partial charge in [0.05, 0.1) is 5.02 Å². The van der Waals surface area contributed by atoms with Gasteiger partial charge < -0.3 is 14.8 Å². The van der Waals surface area contributed by atoms with Gasteiger partial charge in [-0.25, -0.2) is 8.78 Å². The van der Waals surface area contributed by atoms with Crippen molar-refractivity contribution in [1.29, 1.82) is 0 Å². The number of halogens is 3. The van der Waals surface area contributed by atoms with Crippen molar-refractivity contribution < 1.29 is 23.6 Å². The minimum Gasteiger partial charge on any atom is -0.489 e. The Balaban J connectivity index is 2.07. The average Bonchev–Trinajstić information content (AvgIpc) is 2.40. The topological polar surface area (TPSA) is 49.7 Å². The van der Waals surface area contributed by atoms with Crippen LogP contribution in [0.4, 0.5) is 8.78 Å². The number of rotatable bonds is 4. The summed E-state index contributed by atoms with van der Waals surface area (Å²) in [5.41, 5.74) is 0.394. The van der Waals surface area contributed by atoms with E-state index < -0.39 is 18.8 Å². The van der Waals surface area contributed by atoms with Crippen LogP contribution in [0, 0.1) is 11.6 Å². The van der Waals surface area contributed by atoms with Crippen molar-refractivity contribution in [3.8, 4) is 5.75 Å². The maximum Gasteiger partial charge on any atom is 0.491 e. The maximum atomic E-state index is 13.5. The van der Waals surface area contributed by atoms with E-state index >= 15 is 0 Å². The standard InChI is InChI=1S/C13H10BClF2O3/c15-11-5-8(1-4-12(11)16)7-20-9-2-3-10(14(18)19)13(17)6-9/h1-6,18-19H,7H2. The van der Waals surface area contributed by atoms with Gasteiger partial charge >= 0.3 is 7.12 Å². The lowest BCUT2D eigenvalue weighted by Gasteiger charge is -2.08. The highest BCUT2D eigenvalue weighted by atomic mass is 35.5. The maximum absolute atomic E-state index is 13.5. The van der Waals surface area contributed by atoms with Gasteiger partial charge in [0.15, 0.2) is 0 Å². The summed E-state index contributed by atoms with van der Waals surface area (Å²) >= 11 is 5.63. The molecule has 0 fully saturated rings. The average molecular weight is 298 g/mol. The lowest BCUT2D eigenvalue weighted by molar-refractivity contribution is 0.304. The summed E-state index contributed by atoms with van der Waals surface area (Å²) in [5.74, 6) is -1.09. The number of hydrogen-bond acceptors (Lipinski definition) is 3. The SMILES string of the molecule is OB(O)c1ccc(OCc2ccc(F)c(Cl)c2)cc1F. The minimum absolute atomic E-state index is 0.0176. The second kappa shape index (κ2) is 6.22. The third-order valence-corrected chi connectivity index (χ3v) is 2.93. The van der Waals surface area contributed by atoms with Crippen molar-refractivity contribution in [2.75, 3.05) is 0 Å². The van der Waals surface area contributed by atoms with Gasteiger partial charge in [-0.05, 0) is 23.8 Å². The number of hydrogen-bond donors (Lipinski definition) is 2. The first-order valence-corrected chi connectivity index (χ1v) is 6.07. The number of ether oxygens (including phenoxy) is 1. The van der Waals surface area contributed by atoms with Gasteiger partial charge in [0.1, 0.15) is 24.0 Å². The second-order valence-electron chi connectivity index (χ2n) is 4.09. The minimum atomic E-state index is -1.88. The van der Waals surface area contributed by atoms with Gasteiger partial charge in [0, 0.05) is 11.5 Å². The van der Waals surface area contributed by atoms with Crippen molar-refractivity contribution in [2.24, 2.45) is 0 Å². The number of benzene rings is 2. The Hall–Kier alpha value is -1.63. The molecule has 0 saturated heterocycles. The molecule has 0 aliphatic carbocycles. The van der Waals surface area contributed by atoms with Crippen LogP contribution < -0.4 is 10.2 Å². The predicted molar refractivity (Wildman–Crippen MR) is 72.0 cm³/mol. The Morgan fingerprint density at radius 3 is 2.40 bits per heavy atom. The molecular weight excluding hydrogens is 288 g/mol. The molecule has 20 heavy (non-hydrogen) atoms. The first-order valence-electron chi connectivity index (χ1n) is 5.69. The van der Waals surface area contributed by atoms with Gasteiger partial charge in [0.2, 0.25) is 0 Å². The van der Waals surface area contributed by atoms with E-state index in [-0.39, 0.29) is 22.8 Å². The molecule has 0 heterocycles. The van der Waals surface area contributed by atoms with Crippen LogP contribution in [0.15, 0.2) is 36.4 Å². The Morgan fingerprint density at radius 1 is 1.05 bits per heavy atom. The molecule has 0 amide bonds. The molecule has 0 unspecified atom stereocenters. The fourth-order valence-corrected chi connectivity index (χ4v) is 1.81. The van der Waals surface area contributed by atoms with Gasteiger partial charge in [-0.2, -0.15) is 0 Å². The quantitative estimate of drug-likeness (QED) is 0.847. The Bertz CT molecular complexity index is 623. The second-order valence-corrected chi connectivity index (χ2v) is 4.50. The molecule has 0 saturated carbocycles. The predicted octanol–water partition coefficient (Wildman–Crippen LogP) is 1.88. The van der Waals surface area contributed by atoms with Crippen molar-refractivity contribution in [3.05, 3.63) is 58.6 Å². The van der Waals surface area contributed by atoms with Crippen LogP contribution in [0.3, 0.4) is 0 Å².